The third-order valence-electron chi connectivity index (χ3n) is 2.68. The Bertz CT molecular complexity index is 496. The Kier molecular flexibility index (Phi) is 5.19. The van der Waals surface area contributed by atoms with Gasteiger partial charge in [0.05, 0.1) is 0 Å². The van der Waals surface area contributed by atoms with Crippen molar-refractivity contribution in [3.8, 4) is 0 Å². The van der Waals surface area contributed by atoms with Crippen LogP contribution in [0.4, 0.5) is 0 Å². The third kappa shape index (κ3) is 3.84. The van der Waals surface area contributed by atoms with Crippen LogP contribution in [0.5, 0.6) is 0 Å². The highest BCUT2D eigenvalue weighted by atomic mass is 32.2. The SMILES string of the molecule is CCn1c(SCC(C)(NC(C)C)C(N)=O)n[nH]c1=O. The lowest BCUT2D eigenvalue weighted by atomic mass is 10.0. The molecule has 1 atom stereocenters. The highest BCUT2D eigenvalue weighted by Crippen LogP contribution is 2.20. The second-order valence-corrected chi connectivity index (χ2v) is 5.78. The van der Waals surface area contributed by atoms with E-state index >= 15 is 0 Å². The van der Waals surface area contributed by atoms with Crippen molar-refractivity contribution in [2.75, 3.05) is 5.75 Å². The number of nitrogens with two attached hydrogens (primary N) is 1. The fourth-order valence-electron chi connectivity index (χ4n) is 1.72. The average Bonchev–Trinajstić information content (AvgIpc) is 2.66. The second kappa shape index (κ2) is 6.25. The molecule has 1 aromatic rings. The molecule has 0 aliphatic heterocycles. The van der Waals surface area contributed by atoms with Crippen molar-refractivity contribution in [2.24, 2.45) is 5.73 Å². The van der Waals surface area contributed by atoms with Crippen molar-refractivity contribution in [1.82, 2.24) is 20.1 Å². The lowest BCUT2D eigenvalue weighted by Gasteiger charge is -2.29. The van der Waals surface area contributed by atoms with Crippen molar-refractivity contribution in [3.05, 3.63) is 10.5 Å². The van der Waals surface area contributed by atoms with E-state index in [4.69, 9.17) is 5.73 Å². The van der Waals surface area contributed by atoms with Crippen molar-refractivity contribution in [2.45, 2.75) is 51.0 Å². The molecule has 0 saturated heterocycles. The van der Waals surface area contributed by atoms with E-state index in [0.717, 1.165) is 0 Å². The Morgan fingerprint density at radius 2 is 2.26 bits per heavy atom. The molecular weight excluding hydrogens is 266 g/mol. The summed E-state index contributed by atoms with van der Waals surface area (Å²) in [5.41, 5.74) is 4.36. The number of rotatable bonds is 7. The third-order valence-corrected chi connectivity index (χ3v) is 3.97. The van der Waals surface area contributed by atoms with Crippen molar-refractivity contribution in [3.63, 3.8) is 0 Å². The Hall–Kier alpha value is -1.28. The van der Waals surface area contributed by atoms with Crippen LogP contribution in [0.15, 0.2) is 9.95 Å². The maximum atomic E-state index is 11.6. The second-order valence-electron chi connectivity index (χ2n) is 4.84. The first kappa shape index (κ1) is 15.8. The number of aromatic nitrogens is 3. The van der Waals surface area contributed by atoms with Gasteiger partial charge in [0, 0.05) is 18.3 Å². The normalized spacial score (nSPS) is 14.6. The maximum Gasteiger partial charge on any atom is 0.343 e. The lowest BCUT2D eigenvalue weighted by Crippen LogP contribution is -2.57. The summed E-state index contributed by atoms with van der Waals surface area (Å²) in [6.07, 6.45) is 0. The molecule has 4 N–H and O–H groups in total. The molecule has 8 heteroatoms. The van der Waals surface area contributed by atoms with E-state index in [0.29, 0.717) is 17.5 Å². The predicted molar refractivity (Wildman–Crippen MR) is 75.1 cm³/mol. The summed E-state index contributed by atoms with van der Waals surface area (Å²) >= 11 is 1.33. The molecule has 0 fully saturated rings. The summed E-state index contributed by atoms with van der Waals surface area (Å²) in [6, 6.07) is 0.130. The van der Waals surface area contributed by atoms with Crippen LogP contribution >= 0.6 is 11.8 Å². The van der Waals surface area contributed by atoms with Gasteiger partial charge in [-0.05, 0) is 27.7 Å². The predicted octanol–water partition coefficient (Wildman–Crippen LogP) is -0.0746. The standard InChI is InChI=1S/C11H21N5O2S/c1-5-16-9(18)14-15-10(16)19-6-11(4,8(12)17)13-7(2)3/h7,13H,5-6H2,1-4H3,(H2,12,17)(H,14,18). The number of hydrogen-bond donors (Lipinski definition) is 3. The molecule has 1 rings (SSSR count). The van der Waals surface area contributed by atoms with Crippen LogP contribution in [0.1, 0.15) is 27.7 Å². The van der Waals surface area contributed by atoms with Crippen LogP contribution < -0.4 is 16.7 Å². The number of nitrogens with one attached hydrogen (secondary N) is 2. The van der Waals surface area contributed by atoms with Gasteiger partial charge in [-0.3, -0.25) is 9.36 Å². The van der Waals surface area contributed by atoms with Crippen molar-refractivity contribution in [1.29, 1.82) is 0 Å². The van der Waals surface area contributed by atoms with Crippen LogP contribution in [0.25, 0.3) is 0 Å². The van der Waals surface area contributed by atoms with Gasteiger partial charge in [-0.15, -0.1) is 5.10 Å². The highest BCUT2D eigenvalue weighted by Gasteiger charge is 2.32. The van der Waals surface area contributed by atoms with E-state index in [1.807, 2.05) is 20.8 Å². The zero-order valence-corrected chi connectivity index (χ0v) is 12.5. The van der Waals surface area contributed by atoms with Gasteiger partial charge < -0.3 is 11.1 Å². The number of primary amides is 1. The summed E-state index contributed by atoms with van der Waals surface area (Å²) in [7, 11) is 0. The minimum absolute atomic E-state index is 0.130. The number of hydrogen-bond acceptors (Lipinski definition) is 5. The number of thioether (sulfide) groups is 1. The zero-order valence-electron chi connectivity index (χ0n) is 11.7. The van der Waals surface area contributed by atoms with E-state index in [9.17, 15) is 9.59 Å². The van der Waals surface area contributed by atoms with Crippen LogP contribution in [0.2, 0.25) is 0 Å². The monoisotopic (exact) mass is 287 g/mol. The van der Waals surface area contributed by atoms with Crippen molar-refractivity contribution >= 4 is 17.7 Å². The lowest BCUT2D eigenvalue weighted by molar-refractivity contribution is -0.123. The van der Waals surface area contributed by atoms with Gasteiger partial charge in [0.1, 0.15) is 5.54 Å². The van der Waals surface area contributed by atoms with E-state index in [2.05, 4.69) is 15.5 Å². The molecule has 1 heterocycles. The molecule has 7 nitrogen and oxygen atoms in total. The molecule has 1 amide bonds. The van der Waals surface area contributed by atoms with E-state index in [1.54, 1.807) is 6.92 Å². The first-order chi connectivity index (χ1) is 8.80. The first-order valence-electron chi connectivity index (χ1n) is 6.15. The molecule has 108 valence electrons. The average molecular weight is 287 g/mol. The maximum absolute atomic E-state index is 11.6. The van der Waals surface area contributed by atoms with Crippen molar-refractivity contribution < 1.29 is 4.79 Å². The van der Waals surface area contributed by atoms with E-state index in [-0.39, 0.29) is 11.7 Å². The number of aromatic amines is 1. The molecule has 0 saturated carbocycles. The molecule has 0 aromatic carbocycles. The van der Waals surface area contributed by atoms with Gasteiger partial charge in [-0.1, -0.05) is 11.8 Å². The molecule has 19 heavy (non-hydrogen) atoms. The van der Waals surface area contributed by atoms with Gasteiger partial charge in [0.25, 0.3) is 0 Å². The molecule has 0 aliphatic rings. The van der Waals surface area contributed by atoms with Gasteiger partial charge in [0.15, 0.2) is 5.16 Å². The summed E-state index contributed by atoms with van der Waals surface area (Å²) in [5.74, 6) is -0.0141. The minimum Gasteiger partial charge on any atom is -0.368 e. The number of H-pyrrole nitrogens is 1. The Morgan fingerprint density at radius 3 is 2.74 bits per heavy atom. The fraction of sp³-hybridized carbons (Fsp3) is 0.727. The molecule has 0 radical (unpaired) electrons. The molecule has 1 unspecified atom stereocenters. The molecule has 0 spiro atoms. The number of carbonyl (C=O) groups is 1. The quantitative estimate of drug-likeness (QED) is 0.609. The number of carbonyl (C=O) groups excluding carboxylic acids is 1. The Balaban J connectivity index is 2.82. The largest absolute Gasteiger partial charge is 0.368 e. The number of nitrogens with zero attached hydrogens (tertiary/aromatic N) is 2. The summed E-state index contributed by atoms with van der Waals surface area (Å²) in [6.45, 7) is 8.04. The molecule has 0 aliphatic carbocycles. The first-order valence-corrected chi connectivity index (χ1v) is 7.14. The molecule has 0 bridgehead atoms. The fourth-order valence-corrected chi connectivity index (χ4v) is 2.84. The topological polar surface area (TPSA) is 106 Å². The van der Waals surface area contributed by atoms with Crippen LogP contribution in [-0.2, 0) is 11.3 Å². The highest BCUT2D eigenvalue weighted by molar-refractivity contribution is 7.99. The summed E-state index contributed by atoms with van der Waals surface area (Å²) in [5, 5.41) is 10.0. The van der Waals surface area contributed by atoms with Crippen LogP contribution in [0.3, 0.4) is 0 Å². The Morgan fingerprint density at radius 1 is 1.63 bits per heavy atom. The van der Waals surface area contributed by atoms with Crippen LogP contribution in [0, 0.1) is 0 Å². The van der Waals surface area contributed by atoms with Gasteiger partial charge in [-0.2, -0.15) is 0 Å². The molecule has 1 aromatic heterocycles. The minimum atomic E-state index is -0.841. The summed E-state index contributed by atoms with van der Waals surface area (Å²) < 4.78 is 1.52. The van der Waals surface area contributed by atoms with Gasteiger partial charge in [0.2, 0.25) is 5.91 Å². The summed E-state index contributed by atoms with van der Waals surface area (Å²) in [4.78, 5) is 23.0. The van der Waals surface area contributed by atoms with E-state index < -0.39 is 11.4 Å². The van der Waals surface area contributed by atoms with E-state index in [1.165, 1.54) is 16.3 Å². The van der Waals surface area contributed by atoms with Gasteiger partial charge >= 0.3 is 5.69 Å². The molecular formula is C11H21N5O2S. The Labute approximate surface area is 116 Å². The smallest absolute Gasteiger partial charge is 0.343 e. The van der Waals surface area contributed by atoms with Crippen LogP contribution in [-0.4, -0.2) is 38.0 Å². The van der Waals surface area contributed by atoms with Gasteiger partial charge in [-0.25, -0.2) is 9.89 Å². The number of amides is 1. The zero-order chi connectivity index (χ0) is 14.6.